The van der Waals surface area contributed by atoms with E-state index in [1.54, 1.807) is 6.07 Å². The molecule has 1 heterocycles. The van der Waals surface area contributed by atoms with E-state index < -0.39 is 11.6 Å². The van der Waals surface area contributed by atoms with Crippen molar-refractivity contribution < 1.29 is 8.78 Å². The third kappa shape index (κ3) is 2.95. The number of benzene rings is 1. The molecule has 1 aromatic carbocycles. The van der Waals surface area contributed by atoms with Crippen LogP contribution in [-0.2, 0) is 6.54 Å². The standard InChI is InChI=1S/C15H20F2N2/c1-10-7-18-15(11-2-3-11)9-19(10)8-12-4-5-13(16)6-14(12)17/h4-6,10-11,15,18H,2-3,7-9H2,1H3. The lowest BCUT2D eigenvalue weighted by Crippen LogP contribution is -2.55. The van der Waals surface area contributed by atoms with E-state index in [1.165, 1.54) is 18.9 Å². The molecule has 0 bridgehead atoms. The van der Waals surface area contributed by atoms with Gasteiger partial charge >= 0.3 is 0 Å². The van der Waals surface area contributed by atoms with Gasteiger partial charge < -0.3 is 5.32 Å². The van der Waals surface area contributed by atoms with Gasteiger partial charge in [-0.25, -0.2) is 8.78 Å². The molecule has 0 spiro atoms. The van der Waals surface area contributed by atoms with Gasteiger partial charge in [0.2, 0.25) is 0 Å². The predicted molar refractivity (Wildman–Crippen MR) is 70.7 cm³/mol. The molecule has 3 rings (SSSR count). The zero-order valence-corrected chi connectivity index (χ0v) is 11.2. The molecule has 0 amide bonds. The van der Waals surface area contributed by atoms with E-state index in [1.807, 2.05) is 0 Å². The van der Waals surface area contributed by atoms with Crippen LogP contribution in [0.4, 0.5) is 8.78 Å². The Morgan fingerprint density at radius 3 is 2.79 bits per heavy atom. The Hall–Kier alpha value is -1.00. The topological polar surface area (TPSA) is 15.3 Å². The van der Waals surface area contributed by atoms with E-state index >= 15 is 0 Å². The highest BCUT2D eigenvalue weighted by molar-refractivity contribution is 5.18. The lowest BCUT2D eigenvalue weighted by Gasteiger charge is -2.39. The van der Waals surface area contributed by atoms with Gasteiger partial charge in [0.05, 0.1) is 0 Å². The summed E-state index contributed by atoms with van der Waals surface area (Å²) in [6.45, 7) is 4.63. The zero-order valence-electron chi connectivity index (χ0n) is 11.2. The number of hydrogen-bond acceptors (Lipinski definition) is 2. The molecular weight excluding hydrogens is 246 g/mol. The Morgan fingerprint density at radius 2 is 2.11 bits per heavy atom. The lowest BCUT2D eigenvalue weighted by molar-refractivity contribution is 0.124. The molecule has 2 nitrogen and oxygen atoms in total. The molecule has 2 atom stereocenters. The summed E-state index contributed by atoms with van der Waals surface area (Å²) in [6, 6.07) is 4.80. The van der Waals surface area contributed by atoms with Crippen LogP contribution in [0.15, 0.2) is 18.2 Å². The van der Waals surface area contributed by atoms with Gasteiger partial charge in [-0.05, 0) is 31.7 Å². The number of halogens is 2. The molecule has 2 unspecified atom stereocenters. The van der Waals surface area contributed by atoms with Gasteiger partial charge in [-0.3, -0.25) is 4.90 Å². The molecule has 1 saturated carbocycles. The SMILES string of the molecule is CC1CNC(C2CC2)CN1Cc1ccc(F)cc1F. The van der Waals surface area contributed by atoms with E-state index in [0.29, 0.717) is 24.2 Å². The molecule has 4 heteroatoms. The molecule has 1 saturated heterocycles. The summed E-state index contributed by atoms with van der Waals surface area (Å²) in [5.74, 6) is -0.146. The van der Waals surface area contributed by atoms with Gasteiger partial charge in [0, 0.05) is 43.3 Å². The van der Waals surface area contributed by atoms with Crippen molar-refractivity contribution in [3.63, 3.8) is 0 Å². The first-order chi connectivity index (χ1) is 9.13. The van der Waals surface area contributed by atoms with E-state index in [-0.39, 0.29) is 0 Å². The van der Waals surface area contributed by atoms with Gasteiger partial charge in [-0.1, -0.05) is 6.07 Å². The summed E-state index contributed by atoms with van der Waals surface area (Å²) in [5.41, 5.74) is 0.588. The molecule has 104 valence electrons. The summed E-state index contributed by atoms with van der Waals surface area (Å²) in [6.07, 6.45) is 2.62. The van der Waals surface area contributed by atoms with Crippen molar-refractivity contribution in [3.8, 4) is 0 Å². The van der Waals surface area contributed by atoms with Gasteiger partial charge in [0.15, 0.2) is 0 Å². The van der Waals surface area contributed by atoms with Gasteiger partial charge in [0.1, 0.15) is 11.6 Å². The Morgan fingerprint density at radius 1 is 1.32 bits per heavy atom. The second-order valence-electron chi connectivity index (χ2n) is 5.87. The third-order valence-electron chi connectivity index (χ3n) is 4.31. The van der Waals surface area contributed by atoms with Crippen molar-refractivity contribution in [2.75, 3.05) is 13.1 Å². The highest BCUT2D eigenvalue weighted by Gasteiger charge is 2.36. The van der Waals surface area contributed by atoms with Crippen molar-refractivity contribution in [1.29, 1.82) is 0 Å². The van der Waals surface area contributed by atoms with Crippen molar-refractivity contribution in [2.24, 2.45) is 5.92 Å². The van der Waals surface area contributed by atoms with E-state index in [9.17, 15) is 8.78 Å². The van der Waals surface area contributed by atoms with Crippen LogP contribution in [0.5, 0.6) is 0 Å². The summed E-state index contributed by atoms with van der Waals surface area (Å²) >= 11 is 0. The van der Waals surface area contributed by atoms with Crippen LogP contribution >= 0.6 is 0 Å². The maximum absolute atomic E-state index is 13.7. The van der Waals surface area contributed by atoms with Crippen molar-refractivity contribution in [1.82, 2.24) is 10.2 Å². The summed E-state index contributed by atoms with van der Waals surface area (Å²) in [7, 11) is 0. The molecule has 0 aromatic heterocycles. The second kappa shape index (κ2) is 5.17. The summed E-state index contributed by atoms with van der Waals surface area (Å²) in [5, 5.41) is 3.57. The van der Waals surface area contributed by atoms with Crippen LogP contribution in [0.2, 0.25) is 0 Å². The molecule has 1 N–H and O–H groups in total. The fourth-order valence-corrected chi connectivity index (χ4v) is 2.85. The molecule has 1 aliphatic heterocycles. The van der Waals surface area contributed by atoms with Crippen molar-refractivity contribution in [3.05, 3.63) is 35.4 Å². The Bertz CT molecular complexity index is 459. The molecule has 19 heavy (non-hydrogen) atoms. The van der Waals surface area contributed by atoms with E-state index in [0.717, 1.165) is 25.1 Å². The normalized spacial score (nSPS) is 28.6. The first-order valence-corrected chi connectivity index (χ1v) is 7.05. The highest BCUT2D eigenvalue weighted by Crippen LogP contribution is 2.34. The van der Waals surface area contributed by atoms with Gasteiger partial charge in [-0.2, -0.15) is 0 Å². The maximum Gasteiger partial charge on any atom is 0.130 e. The first kappa shape index (κ1) is 13.0. The average molecular weight is 266 g/mol. The summed E-state index contributed by atoms with van der Waals surface area (Å²) in [4.78, 5) is 2.30. The minimum absolute atomic E-state index is 0.388. The number of piperazine rings is 1. The smallest absolute Gasteiger partial charge is 0.130 e. The van der Waals surface area contributed by atoms with Crippen LogP contribution in [0.1, 0.15) is 25.3 Å². The minimum Gasteiger partial charge on any atom is -0.311 e. The molecule has 0 radical (unpaired) electrons. The quantitative estimate of drug-likeness (QED) is 0.904. The maximum atomic E-state index is 13.7. The third-order valence-corrected chi connectivity index (χ3v) is 4.31. The van der Waals surface area contributed by atoms with Crippen molar-refractivity contribution >= 4 is 0 Å². The van der Waals surface area contributed by atoms with Crippen LogP contribution < -0.4 is 5.32 Å². The lowest BCUT2D eigenvalue weighted by atomic mass is 10.0. The number of nitrogens with one attached hydrogen (secondary N) is 1. The number of hydrogen-bond donors (Lipinski definition) is 1. The zero-order chi connectivity index (χ0) is 13.4. The van der Waals surface area contributed by atoms with E-state index in [2.05, 4.69) is 17.1 Å². The molecule has 2 aliphatic rings. The van der Waals surface area contributed by atoms with Crippen LogP contribution in [0.3, 0.4) is 0 Å². The Labute approximate surface area is 112 Å². The molecule has 1 aliphatic carbocycles. The minimum atomic E-state index is -0.509. The van der Waals surface area contributed by atoms with Crippen LogP contribution in [-0.4, -0.2) is 30.1 Å². The van der Waals surface area contributed by atoms with Crippen LogP contribution in [0, 0.1) is 17.6 Å². The highest BCUT2D eigenvalue weighted by atomic mass is 19.1. The van der Waals surface area contributed by atoms with E-state index in [4.69, 9.17) is 0 Å². The van der Waals surface area contributed by atoms with Crippen molar-refractivity contribution in [2.45, 2.75) is 38.4 Å². The summed E-state index contributed by atoms with van der Waals surface area (Å²) < 4.78 is 26.6. The largest absolute Gasteiger partial charge is 0.311 e. The fourth-order valence-electron chi connectivity index (χ4n) is 2.85. The number of nitrogens with zero attached hydrogens (tertiary/aromatic N) is 1. The predicted octanol–water partition coefficient (Wildman–Crippen LogP) is 2.54. The fraction of sp³-hybridized carbons (Fsp3) is 0.600. The van der Waals surface area contributed by atoms with Crippen LogP contribution in [0.25, 0.3) is 0 Å². The number of rotatable bonds is 3. The van der Waals surface area contributed by atoms with Gasteiger partial charge in [-0.15, -0.1) is 0 Å². The molecule has 2 fully saturated rings. The first-order valence-electron chi connectivity index (χ1n) is 7.05. The average Bonchev–Trinajstić information content (AvgIpc) is 3.19. The Balaban J connectivity index is 1.69. The molecule has 1 aromatic rings. The molecular formula is C15H20F2N2. The monoisotopic (exact) mass is 266 g/mol. The van der Waals surface area contributed by atoms with Gasteiger partial charge in [0.25, 0.3) is 0 Å². The second-order valence-corrected chi connectivity index (χ2v) is 5.87. The Kier molecular flexibility index (Phi) is 3.54.